The number of nitrogens with zero attached hydrogens (tertiary/aromatic N) is 1. The summed E-state index contributed by atoms with van der Waals surface area (Å²) in [6.45, 7) is 0.120. The number of benzene rings is 1. The van der Waals surface area contributed by atoms with E-state index >= 15 is 0 Å². The van der Waals surface area contributed by atoms with E-state index in [1.165, 1.54) is 12.5 Å². The summed E-state index contributed by atoms with van der Waals surface area (Å²) in [6, 6.07) is 8.50. The SMILES string of the molecule is O=C(O)C[C@H](NC(=O)OCc1ccccc1)c1cnc[nH]1. The second-order valence-corrected chi connectivity index (χ2v) is 4.36. The number of alkyl carbamates (subject to hydrolysis) is 1. The zero-order chi connectivity index (χ0) is 15.1. The van der Waals surface area contributed by atoms with Gasteiger partial charge in [0.05, 0.1) is 30.7 Å². The molecule has 21 heavy (non-hydrogen) atoms. The van der Waals surface area contributed by atoms with Crippen molar-refractivity contribution in [3.8, 4) is 0 Å². The van der Waals surface area contributed by atoms with Crippen LogP contribution in [0.5, 0.6) is 0 Å². The van der Waals surface area contributed by atoms with Gasteiger partial charge in [0.25, 0.3) is 0 Å². The third kappa shape index (κ3) is 4.64. The van der Waals surface area contributed by atoms with Crippen molar-refractivity contribution in [1.82, 2.24) is 15.3 Å². The minimum Gasteiger partial charge on any atom is -0.481 e. The Morgan fingerprint density at radius 1 is 1.33 bits per heavy atom. The number of hydrogen-bond donors (Lipinski definition) is 3. The summed E-state index contributed by atoms with van der Waals surface area (Å²) < 4.78 is 5.06. The number of aromatic nitrogens is 2. The van der Waals surface area contributed by atoms with Gasteiger partial charge in [-0.3, -0.25) is 4.79 Å². The number of carboxylic acid groups (broad SMARTS) is 1. The van der Waals surface area contributed by atoms with Crippen LogP contribution in [0.15, 0.2) is 42.9 Å². The molecule has 1 heterocycles. The van der Waals surface area contributed by atoms with Crippen LogP contribution in [0, 0.1) is 0 Å². The van der Waals surface area contributed by atoms with Crippen molar-refractivity contribution in [3.63, 3.8) is 0 Å². The number of aliphatic carboxylic acids is 1. The summed E-state index contributed by atoms with van der Waals surface area (Å²) >= 11 is 0. The number of amides is 1. The Morgan fingerprint density at radius 2 is 2.10 bits per heavy atom. The second kappa shape index (κ2) is 7.09. The van der Waals surface area contributed by atoms with Crippen molar-refractivity contribution >= 4 is 12.1 Å². The predicted molar refractivity (Wildman–Crippen MR) is 73.3 cm³/mol. The summed E-state index contributed by atoms with van der Waals surface area (Å²) in [7, 11) is 0. The monoisotopic (exact) mass is 289 g/mol. The van der Waals surface area contributed by atoms with E-state index in [4.69, 9.17) is 9.84 Å². The molecule has 0 radical (unpaired) electrons. The number of nitrogens with one attached hydrogen (secondary N) is 2. The normalized spacial score (nSPS) is 11.6. The zero-order valence-electron chi connectivity index (χ0n) is 11.2. The standard InChI is InChI=1S/C14H15N3O4/c18-13(19)6-11(12-7-15-9-16-12)17-14(20)21-8-10-4-2-1-3-5-10/h1-5,7,9,11H,6,8H2,(H,15,16)(H,17,20)(H,18,19)/t11-/m0/s1. The molecule has 3 N–H and O–H groups in total. The van der Waals surface area contributed by atoms with E-state index < -0.39 is 18.1 Å². The molecule has 0 spiro atoms. The third-order valence-corrected chi connectivity index (χ3v) is 2.78. The van der Waals surface area contributed by atoms with Crippen molar-refractivity contribution in [1.29, 1.82) is 0 Å². The van der Waals surface area contributed by atoms with Crippen molar-refractivity contribution in [3.05, 3.63) is 54.1 Å². The highest BCUT2D eigenvalue weighted by molar-refractivity contribution is 5.71. The quantitative estimate of drug-likeness (QED) is 0.752. The Labute approximate surface area is 121 Å². The fraction of sp³-hybridized carbons (Fsp3) is 0.214. The minimum absolute atomic E-state index is 0.120. The predicted octanol–water partition coefficient (Wildman–Crippen LogP) is 1.85. The molecule has 0 saturated heterocycles. The van der Waals surface area contributed by atoms with E-state index in [0.717, 1.165) is 5.56 Å². The zero-order valence-corrected chi connectivity index (χ0v) is 11.2. The average Bonchev–Trinajstić information content (AvgIpc) is 2.99. The molecule has 0 bridgehead atoms. The number of hydrogen-bond acceptors (Lipinski definition) is 4. The lowest BCUT2D eigenvalue weighted by Gasteiger charge is -2.15. The summed E-state index contributed by atoms with van der Waals surface area (Å²) in [5.74, 6) is -1.03. The van der Waals surface area contributed by atoms with Gasteiger partial charge in [0.1, 0.15) is 6.61 Å². The summed E-state index contributed by atoms with van der Waals surface area (Å²) in [6.07, 6.45) is 1.94. The van der Waals surface area contributed by atoms with Gasteiger partial charge in [0.2, 0.25) is 0 Å². The topological polar surface area (TPSA) is 104 Å². The van der Waals surface area contributed by atoms with E-state index in [0.29, 0.717) is 5.69 Å². The van der Waals surface area contributed by atoms with Crippen LogP contribution >= 0.6 is 0 Å². The first kappa shape index (κ1) is 14.6. The van der Waals surface area contributed by atoms with Gasteiger partial charge in [-0.15, -0.1) is 0 Å². The lowest BCUT2D eigenvalue weighted by atomic mass is 10.1. The van der Waals surface area contributed by atoms with E-state index in [1.54, 1.807) is 0 Å². The van der Waals surface area contributed by atoms with Crippen LogP contribution in [0.3, 0.4) is 0 Å². The molecule has 1 atom stereocenters. The summed E-state index contributed by atoms with van der Waals surface area (Å²) in [5.41, 5.74) is 1.36. The summed E-state index contributed by atoms with van der Waals surface area (Å²) in [4.78, 5) is 29.2. The number of H-pyrrole nitrogens is 1. The van der Waals surface area contributed by atoms with Gasteiger partial charge in [-0.25, -0.2) is 9.78 Å². The number of carbonyl (C=O) groups is 2. The molecule has 0 aliphatic rings. The highest BCUT2D eigenvalue weighted by atomic mass is 16.5. The molecule has 1 amide bonds. The molecule has 110 valence electrons. The fourth-order valence-corrected chi connectivity index (χ4v) is 1.78. The Bertz CT molecular complexity index is 584. The lowest BCUT2D eigenvalue weighted by Crippen LogP contribution is -2.30. The summed E-state index contributed by atoms with van der Waals surface area (Å²) in [5, 5.41) is 11.4. The number of carbonyl (C=O) groups excluding carboxylic acids is 1. The first-order chi connectivity index (χ1) is 10.1. The van der Waals surface area contributed by atoms with Gasteiger partial charge < -0.3 is 20.1 Å². The molecule has 2 aromatic rings. The van der Waals surface area contributed by atoms with Gasteiger partial charge in [-0.05, 0) is 5.56 Å². The Balaban J connectivity index is 1.90. The van der Waals surface area contributed by atoms with Gasteiger partial charge in [-0.1, -0.05) is 30.3 Å². The van der Waals surface area contributed by atoms with E-state index in [9.17, 15) is 9.59 Å². The highest BCUT2D eigenvalue weighted by Gasteiger charge is 2.19. The van der Waals surface area contributed by atoms with Gasteiger partial charge >= 0.3 is 12.1 Å². The molecule has 0 unspecified atom stereocenters. The largest absolute Gasteiger partial charge is 0.481 e. The Morgan fingerprint density at radius 3 is 2.71 bits per heavy atom. The first-order valence-electron chi connectivity index (χ1n) is 6.32. The molecule has 2 rings (SSSR count). The highest BCUT2D eigenvalue weighted by Crippen LogP contribution is 2.14. The molecule has 0 saturated carbocycles. The fourth-order valence-electron chi connectivity index (χ4n) is 1.78. The molecule has 0 fully saturated rings. The number of rotatable bonds is 6. The van der Waals surface area contributed by atoms with E-state index in [2.05, 4.69) is 15.3 Å². The van der Waals surface area contributed by atoms with Crippen LogP contribution in [-0.4, -0.2) is 27.1 Å². The van der Waals surface area contributed by atoms with Crippen molar-refractivity contribution < 1.29 is 19.4 Å². The van der Waals surface area contributed by atoms with Gasteiger partial charge in [-0.2, -0.15) is 0 Å². The van der Waals surface area contributed by atoms with Crippen molar-refractivity contribution in [2.24, 2.45) is 0 Å². The number of ether oxygens (including phenoxy) is 1. The van der Waals surface area contributed by atoms with Crippen LogP contribution in [-0.2, 0) is 16.1 Å². The molecule has 7 heteroatoms. The maximum atomic E-state index is 11.7. The lowest BCUT2D eigenvalue weighted by molar-refractivity contribution is -0.137. The minimum atomic E-state index is -1.03. The molecule has 1 aromatic heterocycles. The van der Waals surface area contributed by atoms with Gasteiger partial charge in [0.15, 0.2) is 0 Å². The average molecular weight is 289 g/mol. The molecule has 0 aliphatic carbocycles. The van der Waals surface area contributed by atoms with Crippen LogP contribution in [0.25, 0.3) is 0 Å². The molecular formula is C14H15N3O4. The number of imidazole rings is 1. The van der Waals surface area contributed by atoms with Crippen LogP contribution < -0.4 is 5.32 Å². The van der Waals surface area contributed by atoms with Crippen LogP contribution in [0.4, 0.5) is 4.79 Å². The molecule has 1 aromatic carbocycles. The number of carboxylic acids is 1. The van der Waals surface area contributed by atoms with Crippen LogP contribution in [0.2, 0.25) is 0 Å². The van der Waals surface area contributed by atoms with Crippen LogP contribution in [0.1, 0.15) is 23.7 Å². The molecular weight excluding hydrogens is 274 g/mol. The smallest absolute Gasteiger partial charge is 0.408 e. The molecule has 7 nitrogen and oxygen atoms in total. The Kier molecular flexibility index (Phi) is 4.92. The second-order valence-electron chi connectivity index (χ2n) is 4.36. The number of aromatic amines is 1. The maximum Gasteiger partial charge on any atom is 0.408 e. The van der Waals surface area contributed by atoms with Gasteiger partial charge in [0, 0.05) is 0 Å². The first-order valence-corrected chi connectivity index (χ1v) is 6.32. The van der Waals surface area contributed by atoms with E-state index in [-0.39, 0.29) is 13.0 Å². The van der Waals surface area contributed by atoms with E-state index in [1.807, 2.05) is 30.3 Å². The van der Waals surface area contributed by atoms with Crippen molar-refractivity contribution in [2.45, 2.75) is 19.1 Å². The molecule has 0 aliphatic heterocycles. The Hall–Kier alpha value is -2.83. The third-order valence-electron chi connectivity index (χ3n) is 2.78. The van der Waals surface area contributed by atoms with Crippen molar-refractivity contribution in [2.75, 3.05) is 0 Å². The maximum absolute atomic E-state index is 11.7.